The molecule has 22 heavy (non-hydrogen) atoms. The number of urea groups is 1. The van der Waals surface area contributed by atoms with E-state index in [9.17, 15) is 4.79 Å². The van der Waals surface area contributed by atoms with Crippen LogP contribution in [0.25, 0.3) is 0 Å². The predicted molar refractivity (Wildman–Crippen MR) is 94.3 cm³/mol. The smallest absolute Gasteiger partial charge is 0.317 e. The first-order valence-electron chi connectivity index (χ1n) is 6.81. The third-order valence-corrected chi connectivity index (χ3v) is 4.69. The minimum atomic E-state index is -0.0901. The fourth-order valence-corrected chi connectivity index (χ4v) is 3.41. The van der Waals surface area contributed by atoms with Crippen molar-refractivity contribution in [1.29, 1.82) is 0 Å². The van der Waals surface area contributed by atoms with Gasteiger partial charge >= 0.3 is 6.03 Å². The van der Waals surface area contributed by atoms with Crippen LogP contribution in [0.4, 0.5) is 10.6 Å². The first-order valence-corrected chi connectivity index (χ1v) is 8.42. The zero-order chi connectivity index (χ0) is 16.1. The summed E-state index contributed by atoms with van der Waals surface area (Å²) in [4.78, 5) is 21.1. The Bertz CT molecular complexity index is 644. The Morgan fingerprint density at radius 3 is 2.73 bits per heavy atom. The van der Waals surface area contributed by atoms with Crippen LogP contribution in [-0.4, -0.2) is 37.1 Å². The summed E-state index contributed by atoms with van der Waals surface area (Å²) in [7, 11) is 5.68. The maximum Gasteiger partial charge on any atom is 0.317 e. The number of hydrogen-bond acceptors (Lipinski definition) is 4. The molecular formula is C15H19BrN4OS. The molecule has 5 nitrogen and oxygen atoms in total. The van der Waals surface area contributed by atoms with Crippen LogP contribution < -0.4 is 10.2 Å². The molecule has 0 bridgehead atoms. The van der Waals surface area contributed by atoms with Gasteiger partial charge in [0, 0.05) is 38.8 Å². The summed E-state index contributed by atoms with van der Waals surface area (Å²) in [6, 6.07) is 7.80. The maximum atomic E-state index is 12.1. The molecule has 0 aliphatic carbocycles. The second-order valence-electron chi connectivity index (χ2n) is 5.14. The number of thiophene rings is 1. The number of hydrogen-bond donors (Lipinski definition) is 1. The van der Waals surface area contributed by atoms with E-state index in [1.165, 1.54) is 0 Å². The van der Waals surface area contributed by atoms with Gasteiger partial charge in [-0.3, -0.25) is 0 Å². The molecule has 0 aliphatic rings. The van der Waals surface area contributed by atoms with Gasteiger partial charge in [-0.15, -0.1) is 11.3 Å². The van der Waals surface area contributed by atoms with E-state index in [2.05, 4.69) is 26.2 Å². The van der Waals surface area contributed by atoms with Crippen molar-refractivity contribution in [2.24, 2.45) is 0 Å². The summed E-state index contributed by atoms with van der Waals surface area (Å²) >= 11 is 5.06. The van der Waals surface area contributed by atoms with E-state index in [1.54, 1.807) is 29.5 Å². The van der Waals surface area contributed by atoms with Crippen molar-refractivity contribution >= 4 is 39.1 Å². The normalized spacial score (nSPS) is 10.4. The Labute approximate surface area is 143 Å². The van der Waals surface area contributed by atoms with E-state index in [1.807, 2.05) is 43.3 Å². The van der Waals surface area contributed by atoms with Crippen LogP contribution in [-0.2, 0) is 13.1 Å². The highest BCUT2D eigenvalue weighted by molar-refractivity contribution is 9.11. The largest absolute Gasteiger partial charge is 0.363 e. The van der Waals surface area contributed by atoms with E-state index in [0.717, 1.165) is 20.0 Å². The minimum absolute atomic E-state index is 0.0901. The van der Waals surface area contributed by atoms with Gasteiger partial charge in [-0.05, 0) is 45.8 Å². The fourth-order valence-electron chi connectivity index (χ4n) is 1.87. The zero-order valence-corrected chi connectivity index (χ0v) is 15.2. The highest BCUT2D eigenvalue weighted by Crippen LogP contribution is 2.22. The molecule has 0 fully saturated rings. The van der Waals surface area contributed by atoms with Gasteiger partial charge < -0.3 is 15.1 Å². The second kappa shape index (κ2) is 7.60. The number of amides is 2. The number of anilines is 1. The molecule has 2 rings (SSSR count). The highest BCUT2D eigenvalue weighted by Gasteiger charge is 2.10. The fraction of sp³-hybridized carbons (Fsp3) is 0.333. The first-order chi connectivity index (χ1) is 10.5. The van der Waals surface area contributed by atoms with Crippen LogP contribution in [0.5, 0.6) is 0 Å². The average molecular weight is 383 g/mol. The number of pyridine rings is 1. The summed E-state index contributed by atoms with van der Waals surface area (Å²) in [6.07, 6.45) is 1.75. The monoisotopic (exact) mass is 382 g/mol. The maximum absolute atomic E-state index is 12.1. The van der Waals surface area contributed by atoms with Crippen LogP contribution in [0.1, 0.15) is 10.4 Å². The van der Waals surface area contributed by atoms with Gasteiger partial charge in [0.25, 0.3) is 0 Å². The lowest BCUT2D eigenvalue weighted by atomic mass is 10.2. The molecule has 0 unspecified atom stereocenters. The number of carbonyl (C=O) groups is 1. The quantitative estimate of drug-likeness (QED) is 0.862. The van der Waals surface area contributed by atoms with Gasteiger partial charge in [0.15, 0.2) is 0 Å². The lowest BCUT2D eigenvalue weighted by Crippen LogP contribution is -2.36. The molecule has 2 heterocycles. The van der Waals surface area contributed by atoms with Crippen molar-refractivity contribution in [1.82, 2.24) is 15.2 Å². The van der Waals surface area contributed by atoms with E-state index in [0.29, 0.717) is 13.1 Å². The predicted octanol–water partition coefficient (Wildman–Crippen LogP) is 3.31. The Balaban J connectivity index is 1.88. The van der Waals surface area contributed by atoms with Crippen molar-refractivity contribution < 1.29 is 4.79 Å². The molecule has 0 aromatic carbocycles. The molecular weight excluding hydrogens is 364 g/mol. The minimum Gasteiger partial charge on any atom is -0.363 e. The third-order valence-electron chi connectivity index (χ3n) is 3.08. The topological polar surface area (TPSA) is 48.5 Å². The number of halogens is 1. The van der Waals surface area contributed by atoms with Crippen LogP contribution in [0.2, 0.25) is 0 Å². The van der Waals surface area contributed by atoms with Crippen LogP contribution in [0.3, 0.4) is 0 Å². The Morgan fingerprint density at radius 1 is 1.32 bits per heavy atom. The number of carbonyl (C=O) groups excluding carboxylic acids is 1. The lowest BCUT2D eigenvalue weighted by molar-refractivity contribution is 0.207. The molecule has 2 amide bonds. The lowest BCUT2D eigenvalue weighted by Gasteiger charge is -2.17. The molecule has 2 aromatic rings. The molecule has 0 atom stereocenters. The Hall–Kier alpha value is -1.60. The van der Waals surface area contributed by atoms with Crippen molar-refractivity contribution in [3.63, 3.8) is 0 Å². The SMILES string of the molecule is CN(Cc1ccc(Br)s1)C(=O)NCc1ccnc(N(C)C)c1. The Morgan fingerprint density at radius 2 is 2.09 bits per heavy atom. The van der Waals surface area contributed by atoms with E-state index >= 15 is 0 Å². The van der Waals surface area contributed by atoms with Gasteiger partial charge in [-0.1, -0.05) is 0 Å². The highest BCUT2D eigenvalue weighted by atomic mass is 79.9. The standard InChI is InChI=1S/C15H19BrN4OS/c1-19(2)14-8-11(6-7-17-14)9-18-15(21)20(3)10-12-4-5-13(16)22-12/h4-8H,9-10H2,1-3H3,(H,18,21). The van der Waals surface area contributed by atoms with Crippen LogP contribution in [0.15, 0.2) is 34.2 Å². The summed E-state index contributed by atoms with van der Waals surface area (Å²) in [6.45, 7) is 1.09. The molecule has 0 spiro atoms. The summed E-state index contributed by atoms with van der Waals surface area (Å²) in [5, 5.41) is 2.93. The van der Waals surface area contributed by atoms with Gasteiger partial charge in [-0.2, -0.15) is 0 Å². The Kier molecular flexibility index (Phi) is 5.79. The summed E-state index contributed by atoms with van der Waals surface area (Å²) in [5.41, 5.74) is 1.03. The van der Waals surface area contributed by atoms with E-state index in [-0.39, 0.29) is 6.03 Å². The number of rotatable bonds is 5. The molecule has 0 saturated heterocycles. The average Bonchev–Trinajstić information content (AvgIpc) is 2.90. The van der Waals surface area contributed by atoms with E-state index in [4.69, 9.17) is 0 Å². The van der Waals surface area contributed by atoms with Crippen molar-refractivity contribution in [2.45, 2.75) is 13.1 Å². The van der Waals surface area contributed by atoms with Crippen molar-refractivity contribution in [3.8, 4) is 0 Å². The zero-order valence-electron chi connectivity index (χ0n) is 12.8. The van der Waals surface area contributed by atoms with Gasteiger partial charge in [-0.25, -0.2) is 9.78 Å². The molecule has 0 aliphatic heterocycles. The molecule has 0 saturated carbocycles. The second-order valence-corrected chi connectivity index (χ2v) is 7.68. The third kappa shape index (κ3) is 4.71. The molecule has 118 valence electrons. The van der Waals surface area contributed by atoms with Crippen LogP contribution in [0, 0.1) is 0 Å². The van der Waals surface area contributed by atoms with Gasteiger partial charge in [0.2, 0.25) is 0 Å². The first kappa shape index (κ1) is 16.8. The molecule has 0 radical (unpaired) electrons. The summed E-state index contributed by atoms with van der Waals surface area (Å²) < 4.78 is 1.07. The number of nitrogens with zero attached hydrogens (tertiary/aromatic N) is 3. The number of nitrogens with one attached hydrogen (secondary N) is 1. The van der Waals surface area contributed by atoms with E-state index < -0.39 is 0 Å². The molecule has 2 aromatic heterocycles. The van der Waals surface area contributed by atoms with Gasteiger partial charge in [0.1, 0.15) is 5.82 Å². The van der Waals surface area contributed by atoms with Crippen LogP contribution >= 0.6 is 27.3 Å². The summed E-state index contributed by atoms with van der Waals surface area (Å²) in [5.74, 6) is 0.878. The van der Waals surface area contributed by atoms with Gasteiger partial charge in [0.05, 0.1) is 10.3 Å². The molecule has 1 N–H and O–H groups in total. The van der Waals surface area contributed by atoms with Crippen molar-refractivity contribution in [3.05, 3.63) is 44.7 Å². The van der Waals surface area contributed by atoms with Crippen molar-refractivity contribution in [2.75, 3.05) is 26.0 Å². The number of aromatic nitrogens is 1. The molecule has 7 heteroatoms.